The van der Waals surface area contributed by atoms with Gasteiger partial charge in [0.05, 0.1) is 6.54 Å². The molecule has 132 valence electrons. The molecule has 9 heteroatoms. The Labute approximate surface area is 137 Å². The average Bonchev–Trinajstić information content (AvgIpc) is 2.98. The molecule has 1 atom stereocenters. The van der Waals surface area contributed by atoms with E-state index in [1.807, 2.05) is 0 Å². The number of halogens is 6. The monoisotopic (exact) mass is 361 g/mol. The van der Waals surface area contributed by atoms with Crippen LogP contribution in [0.2, 0.25) is 0 Å². The van der Waals surface area contributed by atoms with Gasteiger partial charge in [0.25, 0.3) is 5.91 Å². The first kappa shape index (κ1) is 17.1. The maximum atomic E-state index is 13.6. The Bertz CT molecular complexity index is 841. The third-order valence-corrected chi connectivity index (χ3v) is 3.69. The third kappa shape index (κ3) is 3.01. The van der Waals surface area contributed by atoms with E-state index in [0.717, 1.165) is 0 Å². The molecular weight excluding hydrogens is 352 g/mol. The van der Waals surface area contributed by atoms with Crippen LogP contribution in [0.1, 0.15) is 15.9 Å². The molecule has 0 saturated heterocycles. The van der Waals surface area contributed by atoms with Crippen LogP contribution in [0.4, 0.5) is 26.3 Å². The van der Waals surface area contributed by atoms with E-state index in [-0.39, 0.29) is 13.0 Å². The van der Waals surface area contributed by atoms with Crippen LogP contribution in [-0.4, -0.2) is 18.6 Å². The Morgan fingerprint density at radius 3 is 2.24 bits per heavy atom. The van der Waals surface area contributed by atoms with Crippen LogP contribution in [-0.2, 0) is 6.42 Å². The van der Waals surface area contributed by atoms with Gasteiger partial charge in [0.15, 0.2) is 23.3 Å². The second kappa shape index (κ2) is 6.30. The van der Waals surface area contributed by atoms with Crippen molar-refractivity contribution in [3.8, 4) is 5.75 Å². The molecule has 3 rings (SSSR count). The molecule has 0 spiro atoms. The zero-order chi connectivity index (χ0) is 18.3. The standard InChI is InChI=1S/C16H9F6NO2/c17-7-1-2-9-6(3-7)4-8(25-9)5-23-16(24)10-11(18)13(20)15(22)14(21)12(10)19/h1-3,8H,4-5H2,(H,23,24). The van der Waals surface area contributed by atoms with Crippen LogP contribution in [0.15, 0.2) is 18.2 Å². The molecule has 2 aromatic carbocycles. The van der Waals surface area contributed by atoms with E-state index >= 15 is 0 Å². The summed E-state index contributed by atoms with van der Waals surface area (Å²) in [7, 11) is 0. The van der Waals surface area contributed by atoms with Crippen molar-refractivity contribution >= 4 is 5.91 Å². The fraction of sp³-hybridized carbons (Fsp3) is 0.188. The summed E-state index contributed by atoms with van der Waals surface area (Å²) in [6.07, 6.45) is -0.452. The number of rotatable bonds is 3. The predicted octanol–water partition coefficient (Wildman–Crippen LogP) is 3.25. The van der Waals surface area contributed by atoms with Gasteiger partial charge in [-0.3, -0.25) is 4.79 Å². The minimum absolute atomic E-state index is 0.213. The molecule has 2 aromatic rings. The number of hydrogen-bond donors (Lipinski definition) is 1. The van der Waals surface area contributed by atoms with E-state index < -0.39 is 52.5 Å². The number of carbonyl (C=O) groups is 1. The molecule has 0 aliphatic carbocycles. The summed E-state index contributed by atoms with van der Waals surface area (Å²) >= 11 is 0. The van der Waals surface area contributed by atoms with Crippen molar-refractivity contribution in [1.82, 2.24) is 5.32 Å². The molecule has 0 fully saturated rings. The Kier molecular flexibility index (Phi) is 4.32. The van der Waals surface area contributed by atoms with Crippen molar-refractivity contribution in [1.29, 1.82) is 0 Å². The lowest BCUT2D eigenvalue weighted by Crippen LogP contribution is -2.35. The van der Waals surface area contributed by atoms with Crippen molar-refractivity contribution in [2.75, 3.05) is 6.54 Å². The zero-order valence-electron chi connectivity index (χ0n) is 12.3. The van der Waals surface area contributed by atoms with E-state index in [1.165, 1.54) is 18.2 Å². The minimum Gasteiger partial charge on any atom is -0.488 e. The molecule has 0 radical (unpaired) electrons. The number of fused-ring (bicyclic) bond motifs is 1. The van der Waals surface area contributed by atoms with Gasteiger partial charge in [-0.25, -0.2) is 26.3 Å². The highest BCUT2D eigenvalue weighted by Gasteiger charge is 2.30. The topological polar surface area (TPSA) is 38.3 Å². The van der Waals surface area contributed by atoms with Crippen molar-refractivity contribution in [3.05, 3.63) is 64.2 Å². The van der Waals surface area contributed by atoms with Gasteiger partial charge in [-0.2, -0.15) is 0 Å². The van der Waals surface area contributed by atoms with Crippen molar-refractivity contribution in [3.63, 3.8) is 0 Å². The molecule has 0 saturated carbocycles. The lowest BCUT2D eigenvalue weighted by atomic mass is 10.1. The van der Waals surface area contributed by atoms with Gasteiger partial charge in [0.2, 0.25) is 5.82 Å². The van der Waals surface area contributed by atoms with Crippen LogP contribution in [0, 0.1) is 34.9 Å². The quantitative estimate of drug-likeness (QED) is 0.518. The first-order valence-electron chi connectivity index (χ1n) is 7.04. The van der Waals surface area contributed by atoms with Gasteiger partial charge in [0, 0.05) is 12.0 Å². The maximum Gasteiger partial charge on any atom is 0.257 e. The average molecular weight is 361 g/mol. The molecule has 0 bridgehead atoms. The summed E-state index contributed by atoms with van der Waals surface area (Å²) in [5.41, 5.74) is -1.03. The van der Waals surface area contributed by atoms with Crippen LogP contribution in [0.25, 0.3) is 0 Å². The van der Waals surface area contributed by atoms with E-state index in [0.29, 0.717) is 11.3 Å². The summed E-state index contributed by atoms with van der Waals surface area (Å²) in [6.45, 7) is -0.269. The van der Waals surface area contributed by atoms with Crippen LogP contribution in [0.5, 0.6) is 5.75 Å². The molecule has 0 aromatic heterocycles. The van der Waals surface area contributed by atoms with Crippen LogP contribution < -0.4 is 10.1 Å². The fourth-order valence-electron chi connectivity index (χ4n) is 2.50. The smallest absolute Gasteiger partial charge is 0.257 e. The van der Waals surface area contributed by atoms with Crippen molar-refractivity contribution < 1.29 is 35.9 Å². The number of benzene rings is 2. The Hall–Kier alpha value is -2.71. The van der Waals surface area contributed by atoms with Gasteiger partial charge in [-0.1, -0.05) is 0 Å². The first-order chi connectivity index (χ1) is 11.8. The number of amides is 1. The highest BCUT2D eigenvalue weighted by atomic mass is 19.2. The van der Waals surface area contributed by atoms with E-state index in [1.54, 1.807) is 0 Å². The van der Waals surface area contributed by atoms with Crippen LogP contribution >= 0.6 is 0 Å². The summed E-state index contributed by atoms with van der Waals surface area (Å²) < 4.78 is 84.8. The minimum atomic E-state index is -2.34. The maximum absolute atomic E-state index is 13.6. The summed E-state index contributed by atoms with van der Waals surface area (Å²) in [6, 6.07) is 3.80. The fourth-order valence-corrected chi connectivity index (χ4v) is 2.50. The number of nitrogens with one attached hydrogen (secondary N) is 1. The number of ether oxygens (including phenoxy) is 1. The Morgan fingerprint density at radius 2 is 1.60 bits per heavy atom. The van der Waals surface area contributed by atoms with Gasteiger partial charge in [0.1, 0.15) is 23.2 Å². The second-order valence-electron chi connectivity index (χ2n) is 5.35. The van der Waals surface area contributed by atoms with Gasteiger partial charge in [-0.15, -0.1) is 0 Å². The Balaban J connectivity index is 1.73. The summed E-state index contributed by atoms with van der Waals surface area (Å²) in [5.74, 6) is -12.8. The largest absolute Gasteiger partial charge is 0.488 e. The van der Waals surface area contributed by atoms with E-state index in [4.69, 9.17) is 4.74 Å². The van der Waals surface area contributed by atoms with E-state index in [9.17, 15) is 31.1 Å². The molecule has 1 unspecified atom stereocenters. The Morgan fingerprint density at radius 1 is 1.00 bits per heavy atom. The molecule has 1 N–H and O–H groups in total. The van der Waals surface area contributed by atoms with Gasteiger partial charge >= 0.3 is 0 Å². The van der Waals surface area contributed by atoms with Gasteiger partial charge < -0.3 is 10.1 Å². The lowest BCUT2D eigenvalue weighted by Gasteiger charge is -2.13. The van der Waals surface area contributed by atoms with Gasteiger partial charge in [-0.05, 0) is 18.2 Å². The molecule has 1 amide bonds. The predicted molar refractivity (Wildman–Crippen MR) is 73.1 cm³/mol. The molecule has 3 nitrogen and oxygen atoms in total. The molecule has 1 aliphatic heterocycles. The van der Waals surface area contributed by atoms with Crippen molar-refractivity contribution in [2.45, 2.75) is 12.5 Å². The molecule has 1 aliphatic rings. The summed E-state index contributed by atoms with van der Waals surface area (Å²) in [5, 5.41) is 2.05. The SMILES string of the molecule is O=C(NCC1Cc2cc(F)ccc2O1)c1c(F)c(F)c(F)c(F)c1F. The van der Waals surface area contributed by atoms with Crippen molar-refractivity contribution in [2.24, 2.45) is 0 Å². The first-order valence-corrected chi connectivity index (χ1v) is 7.04. The number of carbonyl (C=O) groups excluding carboxylic acids is 1. The highest BCUT2D eigenvalue weighted by Crippen LogP contribution is 2.29. The molecular formula is C16H9F6NO2. The highest BCUT2D eigenvalue weighted by molar-refractivity contribution is 5.94. The number of hydrogen-bond acceptors (Lipinski definition) is 2. The lowest BCUT2D eigenvalue weighted by molar-refractivity contribution is 0.0921. The second-order valence-corrected chi connectivity index (χ2v) is 5.35. The normalized spacial score (nSPS) is 15.7. The summed E-state index contributed by atoms with van der Waals surface area (Å²) in [4.78, 5) is 11.8. The van der Waals surface area contributed by atoms with Crippen LogP contribution in [0.3, 0.4) is 0 Å². The zero-order valence-corrected chi connectivity index (χ0v) is 12.3. The third-order valence-electron chi connectivity index (χ3n) is 3.69. The van der Waals surface area contributed by atoms with E-state index in [2.05, 4.69) is 5.32 Å². The molecule has 25 heavy (non-hydrogen) atoms. The molecule has 1 heterocycles.